The van der Waals surface area contributed by atoms with Gasteiger partial charge in [-0.2, -0.15) is 0 Å². The molecule has 1 fully saturated rings. The van der Waals surface area contributed by atoms with Gasteiger partial charge in [-0.25, -0.2) is 4.79 Å². The molecule has 7 nitrogen and oxygen atoms in total. The number of ether oxygens (including phenoxy) is 2. The highest BCUT2D eigenvalue weighted by Gasteiger charge is 2.30. The van der Waals surface area contributed by atoms with Crippen molar-refractivity contribution in [3.8, 4) is 17.2 Å². The monoisotopic (exact) mass is 460 g/mol. The Morgan fingerprint density at radius 1 is 0.882 bits per heavy atom. The molecular formula is C27H28N2O5. The highest BCUT2D eigenvalue weighted by atomic mass is 16.5. The van der Waals surface area contributed by atoms with Crippen molar-refractivity contribution in [1.82, 2.24) is 0 Å². The summed E-state index contributed by atoms with van der Waals surface area (Å²) in [5, 5.41) is 11.9. The van der Waals surface area contributed by atoms with Crippen LogP contribution >= 0.6 is 0 Å². The first-order valence-electron chi connectivity index (χ1n) is 11.3. The maximum Gasteiger partial charge on any atom is 0.337 e. The number of para-hydroxylation sites is 1. The molecule has 4 N–H and O–H groups in total. The van der Waals surface area contributed by atoms with Crippen LogP contribution in [-0.2, 0) is 11.2 Å². The van der Waals surface area contributed by atoms with Gasteiger partial charge in [-0.1, -0.05) is 37.1 Å². The van der Waals surface area contributed by atoms with E-state index in [0.29, 0.717) is 18.1 Å². The molecule has 0 aromatic heterocycles. The molecule has 0 unspecified atom stereocenters. The molecule has 0 spiro atoms. The molecule has 7 heteroatoms. The van der Waals surface area contributed by atoms with Gasteiger partial charge in [0.2, 0.25) is 5.91 Å². The lowest BCUT2D eigenvalue weighted by atomic mass is 10.0. The van der Waals surface area contributed by atoms with E-state index in [4.69, 9.17) is 15.2 Å². The fourth-order valence-electron chi connectivity index (χ4n) is 4.02. The Bertz CT molecular complexity index is 1140. The third kappa shape index (κ3) is 6.14. The van der Waals surface area contributed by atoms with Crippen LogP contribution in [0.15, 0.2) is 72.8 Å². The third-order valence-electron chi connectivity index (χ3n) is 5.90. The molecule has 0 aliphatic heterocycles. The van der Waals surface area contributed by atoms with Crippen molar-refractivity contribution in [1.29, 1.82) is 0 Å². The lowest BCUT2D eigenvalue weighted by molar-refractivity contribution is -0.115. The number of aromatic carboxylic acids is 1. The van der Waals surface area contributed by atoms with E-state index in [9.17, 15) is 14.7 Å². The molecule has 34 heavy (non-hydrogen) atoms. The topological polar surface area (TPSA) is 111 Å². The molecule has 0 atom stereocenters. The molecule has 3 aromatic rings. The van der Waals surface area contributed by atoms with Crippen LogP contribution in [0.1, 0.15) is 41.6 Å². The van der Waals surface area contributed by atoms with E-state index in [1.807, 2.05) is 24.3 Å². The third-order valence-corrected chi connectivity index (χ3v) is 5.90. The van der Waals surface area contributed by atoms with E-state index in [-0.39, 0.29) is 29.1 Å². The molecule has 1 aliphatic carbocycles. The first kappa shape index (κ1) is 23.3. The molecule has 4 rings (SSSR count). The van der Waals surface area contributed by atoms with Gasteiger partial charge in [0.1, 0.15) is 23.9 Å². The maximum atomic E-state index is 12.4. The average Bonchev–Trinajstić information content (AvgIpc) is 3.27. The van der Waals surface area contributed by atoms with Crippen LogP contribution in [0.5, 0.6) is 17.2 Å². The highest BCUT2D eigenvalue weighted by molar-refractivity contribution is 6.00. The zero-order valence-electron chi connectivity index (χ0n) is 18.8. The Labute approximate surface area is 198 Å². The number of carbonyl (C=O) groups excluding carboxylic acids is 1. The first-order chi connectivity index (χ1) is 16.4. The summed E-state index contributed by atoms with van der Waals surface area (Å²) in [6.07, 6.45) is 4.44. The predicted octanol–water partition coefficient (Wildman–Crippen LogP) is 5.01. The fraction of sp³-hybridized carbons (Fsp3) is 0.259. The van der Waals surface area contributed by atoms with E-state index in [2.05, 4.69) is 5.32 Å². The number of hydrogen-bond acceptors (Lipinski definition) is 5. The number of nitrogens with one attached hydrogen (secondary N) is 1. The number of nitrogens with two attached hydrogens (primary N) is 1. The van der Waals surface area contributed by atoms with E-state index < -0.39 is 5.97 Å². The standard InChI is InChI=1S/C27H28N2O5/c28-27(15-3-4-16-27)18-33-20-11-13-22(14-12-20)34-21-9-7-19(8-10-21)17-25(30)29-24-6-2-1-5-23(24)26(31)32/h1-2,5-14H,3-4,15-18,28H2,(H,29,30)(H,31,32). The molecule has 0 heterocycles. The van der Waals surface area contributed by atoms with Gasteiger partial charge in [0.05, 0.1) is 23.2 Å². The number of carboxylic acids is 1. The first-order valence-corrected chi connectivity index (χ1v) is 11.3. The number of rotatable bonds is 9. The van der Waals surface area contributed by atoms with Crippen LogP contribution in [0.4, 0.5) is 5.69 Å². The van der Waals surface area contributed by atoms with Crippen LogP contribution in [0.2, 0.25) is 0 Å². The van der Waals surface area contributed by atoms with Crippen LogP contribution in [-0.4, -0.2) is 29.1 Å². The summed E-state index contributed by atoms with van der Waals surface area (Å²) in [6.45, 7) is 0.518. The molecule has 0 radical (unpaired) electrons. The van der Waals surface area contributed by atoms with E-state index in [1.54, 1.807) is 42.5 Å². The largest absolute Gasteiger partial charge is 0.492 e. The zero-order chi connectivity index (χ0) is 24.0. The maximum absolute atomic E-state index is 12.4. The average molecular weight is 461 g/mol. The van der Waals surface area contributed by atoms with Crippen LogP contribution in [0, 0.1) is 0 Å². The van der Waals surface area contributed by atoms with Gasteiger partial charge in [0, 0.05) is 0 Å². The van der Waals surface area contributed by atoms with E-state index >= 15 is 0 Å². The molecule has 1 saturated carbocycles. The molecule has 3 aromatic carbocycles. The number of amides is 1. The van der Waals surface area contributed by atoms with Crippen molar-refractivity contribution in [2.75, 3.05) is 11.9 Å². The Morgan fingerprint density at radius 2 is 1.47 bits per heavy atom. The summed E-state index contributed by atoms with van der Waals surface area (Å²) < 4.78 is 11.7. The van der Waals surface area contributed by atoms with Crippen molar-refractivity contribution in [2.45, 2.75) is 37.6 Å². The molecule has 176 valence electrons. The van der Waals surface area contributed by atoms with Crippen molar-refractivity contribution in [3.05, 3.63) is 83.9 Å². The lowest BCUT2D eigenvalue weighted by Crippen LogP contribution is -2.42. The normalized spacial score (nSPS) is 14.4. The number of hydrogen-bond donors (Lipinski definition) is 3. The zero-order valence-corrected chi connectivity index (χ0v) is 18.8. The number of benzene rings is 3. The fourth-order valence-corrected chi connectivity index (χ4v) is 4.02. The Hall–Kier alpha value is -3.84. The SMILES string of the molecule is NC1(COc2ccc(Oc3ccc(CC(=O)Nc4ccccc4C(=O)O)cc3)cc2)CCCC1. The molecule has 1 amide bonds. The summed E-state index contributed by atoms with van der Waals surface area (Å²) in [5.74, 6) is 0.686. The summed E-state index contributed by atoms with van der Waals surface area (Å²) in [5.41, 5.74) is 7.23. The van der Waals surface area contributed by atoms with Gasteiger partial charge < -0.3 is 25.6 Å². The molecule has 0 bridgehead atoms. The Morgan fingerprint density at radius 3 is 2.12 bits per heavy atom. The quantitative estimate of drug-likeness (QED) is 0.414. The summed E-state index contributed by atoms with van der Waals surface area (Å²) >= 11 is 0. The van der Waals surface area contributed by atoms with Crippen molar-refractivity contribution in [3.63, 3.8) is 0 Å². The Kier molecular flexibility index (Phi) is 7.13. The minimum Gasteiger partial charge on any atom is -0.492 e. The van der Waals surface area contributed by atoms with E-state index in [0.717, 1.165) is 37.0 Å². The molecule has 0 saturated heterocycles. The minimum absolute atomic E-state index is 0.0529. The summed E-state index contributed by atoms with van der Waals surface area (Å²) in [7, 11) is 0. The predicted molar refractivity (Wildman–Crippen MR) is 130 cm³/mol. The van der Waals surface area contributed by atoms with Crippen LogP contribution in [0.3, 0.4) is 0 Å². The van der Waals surface area contributed by atoms with Crippen molar-refractivity contribution in [2.24, 2.45) is 5.73 Å². The van der Waals surface area contributed by atoms with Crippen molar-refractivity contribution >= 4 is 17.6 Å². The van der Waals surface area contributed by atoms with Gasteiger partial charge in [-0.05, 0) is 66.9 Å². The second-order valence-corrected chi connectivity index (χ2v) is 8.65. The number of carboxylic acid groups (broad SMARTS) is 1. The van der Waals surface area contributed by atoms with Gasteiger partial charge in [-0.15, -0.1) is 0 Å². The smallest absolute Gasteiger partial charge is 0.337 e. The van der Waals surface area contributed by atoms with Gasteiger partial charge in [-0.3, -0.25) is 4.79 Å². The van der Waals surface area contributed by atoms with Gasteiger partial charge in [0.25, 0.3) is 0 Å². The summed E-state index contributed by atoms with van der Waals surface area (Å²) in [6, 6.07) is 20.9. The van der Waals surface area contributed by atoms with Gasteiger partial charge >= 0.3 is 5.97 Å². The molecular weight excluding hydrogens is 432 g/mol. The minimum atomic E-state index is -1.09. The highest BCUT2D eigenvalue weighted by Crippen LogP contribution is 2.29. The second-order valence-electron chi connectivity index (χ2n) is 8.65. The summed E-state index contributed by atoms with van der Waals surface area (Å²) in [4.78, 5) is 23.7. The second kappa shape index (κ2) is 10.4. The van der Waals surface area contributed by atoms with Crippen LogP contribution < -0.4 is 20.5 Å². The van der Waals surface area contributed by atoms with E-state index in [1.165, 1.54) is 6.07 Å². The number of anilines is 1. The lowest BCUT2D eigenvalue weighted by Gasteiger charge is -2.23. The van der Waals surface area contributed by atoms with Gasteiger partial charge in [0.15, 0.2) is 0 Å². The van der Waals surface area contributed by atoms with Crippen LogP contribution in [0.25, 0.3) is 0 Å². The number of carbonyl (C=O) groups is 2. The Balaban J connectivity index is 1.29. The van der Waals surface area contributed by atoms with Crippen molar-refractivity contribution < 1.29 is 24.2 Å². The molecule has 1 aliphatic rings.